The van der Waals surface area contributed by atoms with Crippen LogP contribution in [-0.2, 0) is 9.53 Å². The van der Waals surface area contributed by atoms with E-state index in [-0.39, 0.29) is 24.5 Å². The molecule has 1 saturated heterocycles. The Morgan fingerprint density at radius 3 is 3.00 bits per heavy atom. The third-order valence-corrected chi connectivity index (χ3v) is 3.30. The fourth-order valence-electron chi connectivity index (χ4n) is 2.24. The molecule has 1 amide bonds. The maximum Gasteiger partial charge on any atom is 0.229 e. The van der Waals surface area contributed by atoms with Crippen LogP contribution in [0.25, 0.3) is 0 Å². The van der Waals surface area contributed by atoms with Gasteiger partial charge in [0.05, 0.1) is 24.3 Å². The molecular weight excluding hydrogens is 254 g/mol. The second-order valence-electron chi connectivity index (χ2n) is 5.07. The molecule has 0 saturated carbocycles. The van der Waals surface area contributed by atoms with Crippen LogP contribution in [-0.4, -0.2) is 30.3 Å². The molecule has 4 heteroatoms. The van der Waals surface area contributed by atoms with E-state index in [0.717, 1.165) is 12.0 Å². The molecule has 2 atom stereocenters. The Kier molecular flexibility index (Phi) is 4.78. The molecule has 0 radical (unpaired) electrons. The number of hydrogen-bond donors (Lipinski definition) is 2. The molecule has 4 nitrogen and oxygen atoms in total. The Balaban J connectivity index is 2.15. The van der Waals surface area contributed by atoms with E-state index in [1.807, 2.05) is 32.0 Å². The van der Waals surface area contributed by atoms with Crippen LogP contribution >= 0.6 is 0 Å². The molecule has 1 aliphatic heterocycles. The molecule has 1 fully saturated rings. The molecule has 1 aliphatic rings. The highest BCUT2D eigenvalue weighted by Gasteiger charge is 2.28. The molecule has 1 aromatic carbocycles. The molecule has 20 heavy (non-hydrogen) atoms. The number of aryl methyl sites for hydroxylation is 1. The number of aliphatic hydroxyl groups is 1. The van der Waals surface area contributed by atoms with Gasteiger partial charge in [0.25, 0.3) is 0 Å². The van der Waals surface area contributed by atoms with Crippen molar-refractivity contribution in [2.45, 2.75) is 26.4 Å². The summed E-state index contributed by atoms with van der Waals surface area (Å²) in [6.07, 6.45) is 0.881. The first-order valence-corrected chi connectivity index (χ1v) is 6.73. The quantitative estimate of drug-likeness (QED) is 0.806. The normalized spacial score (nSPS) is 21.1. The average molecular weight is 273 g/mol. The van der Waals surface area contributed by atoms with E-state index < -0.39 is 0 Å². The van der Waals surface area contributed by atoms with Gasteiger partial charge >= 0.3 is 0 Å². The average Bonchev–Trinajstić information content (AvgIpc) is 2.85. The monoisotopic (exact) mass is 273 g/mol. The van der Waals surface area contributed by atoms with Gasteiger partial charge in [0, 0.05) is 5.56 Å². The third kappa shape index (κ3) is 3.60. The van der Waals surface area contributed by atoms with Crippen molar-refractivity contribution in [1.29, 1.82) is 0 Å². The van der Waals surface area contributed by atoms with Crippen LogP contribution in [0.15, 0.2) is 18.2 Å². The topological polar surface area (TPSA) is 58.6 Å². The molecule has 2 unspecified atom stereocenters. The zero-order chi connectivity index (χ0) is 14.5. The van der Waals surface area contributed by atoms with Crippen molar-refractivity contribution in [3.8, 4) is 11.8 Å². The van der Waals surface area contributed by atoms with E-state index in [4.69, 9.17) is 9.84 Å². The standard InChI is InChI=1S/C16H19NO3/c1-11-5-6-13(4-3-7-18)15(8-11)17-16(19)14-9-12(2)20-10-14/h5-6,8,12,14,18H,7,9-10H2,1-2H3,(H,17,19). The summed E-state index contributed by atoms with van der Waals surface area (Å²) in [5.41, 5.74) is 2.45. The second kappa shape index (κ2) is 6.56. The van der Waals surface area contributed by atoms with Crippen molar-refractivity contribution in [1.82, 2.24) is 0 Å². The summed E-state index contributed by atoms with van der Waals surface area (Å²) in [7, 11) is 0. The smallest absolute Gasteiger partial charge is 0.229 e. The Labute approximate surface area is 119 Å². The van der Waals surface area contributed by atoms with E-state index in [9.17, 15) is 4.79 Å². The third-order valence-electron chi connectivity index (χ3n) is 3.30. The van der Waals surface area contributed by atoms with E-state index >= 15 is 0 Å². The molecule has 0 aliphatic carbocycles. The number of rotatable bonds is 2. The summed E-state index contributed by atoms with van der Waals surface area (Å²) in [6.45, 7) is 4.20. The fraction of sp³-hybridized carbons (Fsp3) is 0.438. The predicted molar refractivity (Wildman–Crippen MR) is 77.3 cm³/mol. The van der Waals surface area contributed by atoms with E-state index in [0.29, 0.717) is 17.9 Å². The Hall–Kier alpha value is -1.83. The summed E-state index contributed by atoms with van der Waals surface area (Å²) in [4.78, 5) is 12.2. The minimum Gasteiger partial charge on any atom is -0.384 e. The van der Waals surface area contributed by atoms with Crippen molar-refractivity contribution in [3.05, 3.63) is 29.3 Å². The van der Waals surface area contributed by atoms with Gasteiger partial charge in [-0.25, -0.2) is 0 Å². The lowest BCUT2D eigenvalue weighted by molar-refractivity contribution is -0.119. The highest BCUT2D eigenvalue weighted by Crippen LogP contribution is 2.23. The van der Waals surface area contributed by atoms with Crippen LogP contribution in [0.3, 0.4) is 0 Å². The number of ether oxygens (including phenoxy) is 1. The van der Waals surface area contributed by atoms with Gasteiger partial charge in [-0.1, -0.05) is 17.9 Å². The van der Waals surface area contributed by atoms with Gasteiger partial charge in [0.2, 0.25) is 5.91 Å². The molecule has 1 aromatic rings. The van der Waals surface area contributed by atoms with Gasteiger partial charge in [-0.15, -0.1) is 0 Å². The molecule has 2 N–H and O–H groups in total. The maximum atomic E-state index is 12.2. The summed E-state index contributed by atoms with van der Waals surface area (Å²) in [5.74, 6) is 5.31. The maximum absolute atomic E-state index is 12.2. The number of amides is 1. The van der Waals surface area contributed by atoms with Crippen molar-refractivity contribution >= 4 is 11.6 Å². The zero-order valence-corrected chi connectivity index (χ0v) is 11.8. The van der Waals surface area contributed by atoms with Crippen molar-refractivity contribution < 1.29 is 14.6 Å². The Morgan fingerprint density at radius 2 is 2.35 bits per heavy atom. The number of aliphatic hydroxyl groups excluding tert-OH is 1. The van der Waals surface area contributed by atoms with Crippen LogP contribution in [0.5, 0.6) is 0 Å². The summed E-state index contributed by atoms with van der Waals surface area (Å²) < 4.78 is 5.42. The van der Waals surface area contributed by atoms with Gasteiger partial charge in [-0.2, -0.15) is 0 Å². The molecule has 106 valence electrons. The lowest BCUT2D eigenvalue weighted by Crippen LogP contribution is -2.23. The van der Waals surface area contributed by atoms with Gasteiger partial charge in [-0.3, -0.25) is 4.79 Å². The van der Waals surface area contributed by atoms with Crippen molar-refractivity contribution in [2.75, 3.05) is 18.5 Å². The summed E-state index contributed by atoms with van der Waals surface area (Å²) in [6, 6.07) is 5.66. The first-order valence-electron chi connectivity index (χ1n) is 6.73. The summed E-state index contributed by atoms with van der Waals surface area (Å²) in [5, 5.41) is 11.7. The van der Waals surface area contributed by atoms with Gasteiger partial charge in [0.15, 0.2) is 0 Å². The molecule has 2 rings (SSSR count). The fourth-order valence-corrected chi connectivity index (χ4v) is 2.24. The van der Waals surface area contributed by atoms with Crippen LogP contribution in [0.1, 0.15) is 24.5 Å². The SMILES string of the molecule is Cc1ccc(C#CCO)c(NC(=O)C2COC(C)C2)c1. The van der Waals surface area contributed by atoms with Gasteiger partial charge in [0.1, 0.15) is 6.61 Å². The van der Waals surface area contributed by atoms with Crippen molar-refractivity contribution in [2.24, 2.45) is 5.92 Å². The number of carbonyl (C=O) groups excluding carboxylic acids is 1. The highest BCUT2D eigenvalue weighted by molar-refractivity contribution is 5.94. The minimum absolute atomic E-state index is 0.0352. The lowest BCUT2D eigenvalue weighted by atomic mass is 10.0. The van der Waals surface area contributed by atoms with E-state index in [1.54, 1.807) is 0 Å². The molecule has 0 aromatic heterocycles. The zero-order valence-electron chi connectivity index (χ0n) is 11.8. The first-order chi connectivity index (χ1) is 9.60. The van der Waals surface area contributed by atoms with Gasteiger partial charge in [-0.05, 0) is 38.0 Å². The second-order valence-corrected chi connectivity index (χ2v) is 5.07. The van der Waals surface area contributed by atoms with Crippen LogP contribution in [0.2, 0.25) is 0 Å². The number of carbonyl (C=O) groups is 1. The molecule has 1 heterocycles. The number of benzene rings is 1. The minimum atomic E-state index is -0.199. The lowest BCUT2D eigenvalue weighted by Gasteiger charge is -2.12. The highest BCUT2D eigenvalue weighted by atomic mass is 16.5. The van der Waals surface area contributed by atoms with E-state index in [2.05, 4.69) is 17.2 Å². The predicted octanol–water partition coefficient (Wildman–Crippen LogP) is 1.70. The van der Waals surface area contributed by atoms with Crippen LogP contribution < -0.4 is 5.32 Å². The van der Waals surface area contributed by atoms with Crippen molar-refractivity contribution in [3.63, 3.8) is 0 Å². The number of anilines is 1. The largest absolute Gasteiger partial charge is 0.384 e. The molecule has 0 spiro atoms. The first kappa shape index (κ1) is 14.6. The van der Waals surface area contributed by atoms with E-state index in [1.165, 1.54) is 0 Å². The van der Waals surface area contributed by atoms with Crippen LogP contribution in [0, 0.1) is 24.7 Å². The molecule has 0 bridgehead atoms. The molecular formula is C16H19NO3. The Morgan fingerprint density at radius 1 is 1.55 bits per heavy atom. The number of nitrogens with one attached hydrogen (secondary N) is 1. The van der Waals surface area contributed by atoms with Gasteiger partial charge < -0.3 is 15.2 Å². The van der Waals surface area contributed by atoms with Crippen LogP contribution in [0.4, 0.5) is 5.69 Å². The Bertz CT molecular complexity index is 557. The summed E-state index contributed by atoms with van der Waals surface area (Å²) >= 11 is 0. The number of hydrogen-bond acceptors (Lipinski definition) is 3.